The fourth-order valence-electron chi connectivity index (χ4n) is 1.14. The van der Waals surface area contributed by atoms with Crippen molar-refractivity contribution in [3.05, 3.63) is 28.8 Å². The van der Waals surface area contributed by atoms with Crippen LogP contribution in [0.4, 0.5) is 0 Å². The lowest BCUT2D eigenvalue weighted by molar-refractivity contribution is 0.411. The van der Waals surface area contributed by atoms with E-state index in [0.29, 0.717) is 0 Å². The summed E-state index contributed by atoms with van der Waals surface area (Å²) >= 11 is 3.43. The Hall–Kier alpha value is -0.500. The molecule has 0 amide bonds. The number of ether oxygens (including phenoxy) is 1. The largest absolute Gasteiger partial charge is 0.496 e. The van der Waals surface area contributed by atoms with Gasteiger partial charge in [0.25, 0.3) is 0 Å². The molecule has 0 saturated heterocycles. The van der Waals surface area contributed by atoms with Gasteiger partial charge in [-0.3, -0.25) is 0 Å². The SMILES string of the molecule is COc1cc(C)c(C)cc1CBr. The molecule has 0 aliphatic rings. The van der Waals surface area contributed by atoms with Gasteiger partial charge in [0.15, 0.2) is 0 Å². The lowest BCUT2D eigenvalue weighted by atomic mass is 10.1. The smallest absolute Gasteiger partial charge is 0.123 e. The van der Waals surface area contributed by atoms with E-state index in [2.05, 4.69) is 41.9 Å². The van der Waals surface area contributed by atoms with Crippen LogP contribution in [0.5, 0.6) is 5.75 Å². The van der Waals surface area contributed by atoms with Crippen molar-refractivity contribution in [1.82, 2.24) is 0 Å². The van der Waals surface area contributed by atoms with Gasteiger partial charge in [-0.1, -0.05) is 22.0 Å². The molecule has 0 unspecified atom stereocenters. The van der Waals surface area contributed by atoms with Crippen LogP contribution in [0.2, 0.25) is 0 Å². The molecule has 0 aliphatic carbocycles. The van der Waals surface area contributed by atoms with Crippen LogP contribution in [0.3, 0.4) is 0 Å². The van der Waals surface area contributed by atoms with Gasteiger partial charge in [0.1, 0.15) is 5.75 Å². The zero-order valence-electron chi connectivity index (χ0n) is 7.65. The Bertz CT molecular complexity index is 252. The van der Waals surface area contributed by atoms with Crippen LogP contribution in [0.25, 0.3) is 0 Å². The van der Waals surface area contributed by atoms with Crippen molar-refractivity contribution in [2.24, 2.45) is 0 Å². The highest BCUT2D eigenvalue weighted by Crippen LogP contribution is 2.24. The van der Waals surface area contributed by atoms with E-state index in [4.69, 9.17) is 4.74 Å². The van der Waals surface area contributed by atoms with E-state index in [-0.39, 0.29) is 0 Å². The van der Waals surface area contributed by atoms with Gasteiger partial charge in [-0.25, -0.2) is 0 Å². The molecule has 12 heavy (non-hydrogen) atoms. The summed E-state index contributed by atoms with van der Waals surface area (Å²) < 4.78 is 5.24. The molecular weight excluding hydrogens is 216 g/mol. The number of hydrogen-bond donors (Lipinski definition) is 0. The van der Waals surface area contributed by atoms with Gasteiger partial charge >= 0.3 is 0 Å². The Morgan fingerprint density at radius 1 is 1.25 bits per heavy atom. The second-order valence-electron chi connectivity index (χ2n) is 2.88. The number of halogens is 1. The number of benzene rings is 1. The first kappa shape index (κ1) is 9.59. The molecule has 66 valence electrons. The molecule has 0 saturated carbocycles. The second-order valence-corrected chi connectivity index (χ2v) is 3.44. The minimum Gasteiger partial charge on any atom is -0.496 e. The van der Waals surface area contributed by atoms with Gasteiger partial charge in [0.2, 0.25) is 0 Å². The molecule has 0 aliphatic heterocycles. The molecule has 0 heterocycles. The third-order valence-electron chi connectivity index (χ3n) is 2.04. The van der Waals surface area contributed by atoms with E-state index < -0.39 is 0 Å². The first-order valence-corrected chi connectivity index (χ1v) is 5.01. The molecule has 0 spiro atoms. The number of rotatable bonds is 2. The maximum Gasteiger partial charge on any atom is 0.123 e. The molecule has 1 aromatic rings. The van der Waals surface area contributed by atoms with Crippen molar-refractivity contribution in [2.75, 3.05) is 7.11 Å². The molecule has 0 radical (unpaired) electrons. The predicted molar refractivity (Wildman–Crippen MR) is 55.1 cm³/mol. The molecule has 0 bridgehead atoms. The van der Waals surface area contributed by atoms with Gasteiger partial charge in [0.05, 0.1) is 7.11 Å². The monoisotopic (exact) mass is 228 g/mol. The lowest BCUT2D eigenvalue weighted by Gasteiger charge is -2.09. The maximum absolute atomic E-state index is 5.24. The Morgan fingerprint density at radius 3 is 2.33 bits per heavy atom. The Balaban J connectivity index is 3.19. The van der Waals surface area contributed by atoms with Crippen molar-refractivity contribution < 1.29 is 4.74 Å². The maximum atomic E-state index is 5.24. The standard InChI is InChI=1S/C10H13BrO/c1-7-4-9(6-11)10(12-3)5-8(7)2/h4-5H,6H2,1-3H3. The normalized spacial score (nSPS) is 10.0. The Morgan fingerprint density at radius 2 is 1.83 bits per heavy atom. The molecule has 1 rings (SSSR count). The van der Waals surface area contributed by atoms with Gasteiger partial charge in [-0.2, -0.15) is 0 Å². The average molecular weight is 229 g/mol. The molecule has 0 aromatic heterocycles. The Labute approximate surface area is 81.9 Å². The quantitative estimate of drug-likeness (QED) is 0.707. The van der Waals surface area contributed by atoms with Crippen molar-refractivity contribution in [1.29, 1.82) is 0 Å². The van der Waals surface area contributed by atoms with Gasteiger partial charge in [-0.15, -0.1) is 0 Å². The third kappa shape index (κ3) is 1.81. The highest BCUT2D eigenvalue weighted by Gasteiger charge is 2.03. The van der Waals surface area contributed by atoms with E-state index in [1.165, 1.54) is 16.7 Å². The molecule has 0 N–H and O–H groups in total. The number of aryl methyl sites for hydroxylation is 2. The molecular formula is C10H13BrO. The minimum atomic E-state index is 0.845. The molecule has 0 atom stereocenters. The fourth-order valence-corrected chi connectivity index (χ4v) is 1.58. The van der Waals surface area contributed by atoms with Crippen LogP contribution < -0.4 is 4.74 Å². The van der Waals surface area contributed by atoms with Crippen LogP contribution in [0.1, 0.15) is 16.7 Å². The molecule has 1 nitrogen and oxygen atoms in total. The summed E-state index contributed by atoms with van der Waals surface area (Å²) in [4.78, 5) is 0. The molecule has 1 aromatic carbocycles. The highest BCUT2D eigenvalue weighted by atomic mass is 79.9. The summed E-state index contributed by atoms with van der Waals surface area (Å²) in [5, 5.41) is 0.845. The number of alkyl halides is 1. The molecule has 2 heteroatoms. The van der Waals surface area contributed by atoms with Crippen LogP contribution in [0.15, 0.2) is 12.1 Å². The van der Waals surface area contributed by atoms with Crippen LogP contribution in [-0.4, -0.2) is 7.11 Å². The van der Waals surface area contributed by atoms with Gasteiger partial charge < -0.3 is 4.74 Å². The third-order valence-corrected chi connectivity index (χ3v) is 2.64. The predicted octanol–water partition coefficient (Wildman–Crippen LogP) is 3.21. The summed E-state index contributed by atoms with van der Waals surface area (Å²) in [5.41, 5.74) is 3.79. The fraction of sp³-hybridized carbons (Fsp3) is 0.400. The van der Waals surface area contributed by atoms with E-state index >= 15 is 0 Å². The zero-order chi connectivity index (χ0) is 9.14. The summed E-state index contributed by atoms with van der Waals surface area (Å²) in [7, 11) is 1.70. The van der Waals surface area contributed by atoms with Crippen LogP contribution in [-0.2, 0) is 5.33 Å². The van der Waals surface area contributed by atoms with Gasteiger partial charge in [-0.05, 0) is 31.0 Å². The highest BCUT2D eigenvalue weighted by molar-refractivity contribution is 9.08. The molecule has 0 fully saturated rings. The summed E-state index contributed by atoms with van der Waals surface area (Å²) in [6, 6.07) is 4.23. The van der Waals surface area contributed by atoms with E-state index in [0.717, 1.165) is 11.1 Å². The average Bonchev–Trinajstić information content (AvgIpc) is 2.09. The van der Waals surface area contributed by atoms with Crippen molar-refractivity contribution in [2.45, 2.75) is 19.2 Å². The van der Waals surface area contributed by atoms with E-state index in [1.54, 1.807) is 7.11 Å². The minimum absolute atomic E-state index is 0.845. The first-order valence-electron chi connectivity index (χ1n) is 3.89. The van der Waals surface area contributed by atoms with Crippen LogP contribution in [0, 0.1) is 13.8 Å². The summed E-state index contributed by atoms with van der Waals surface area (Å²) in [6.07, 6.45) is 0. The first-order chi connectivity index (χ1) is 5.69. The van der Waals surface area contributed by atoms with Crippen molar-refractivity contribution >= 4 is 15.9 Å². The van der Waals surface area contributed by atoms with Crippen LogP contribution >= 0.6 is 15.9 Å². The number of methoxy groups -OCH3 is 1. The lowest BCUT2D eigenvalue weighted by Crippen LogP contribution is -1.92. The topological polar surface area (TPSA) is 9.23 Å². The van der Waals surface area contributed by atoms with E-state index in [9.17, 15) is 0 Å². The Kier molecular flexibility index (Phi) is 3.15. The van der Waals surface area contributed by atoms with E-state index in [1.807, 2.05) is 0 Å². The van der Waals surface area contributed by atoms with Crippen molar-refractivity contribution in [3.63, 3.8) is 0 Å². The second kappa shape index (κ2) is 3.94. The zero-order valence-corrected chi connectivity index (χ0v) is 9.23. The summed E-state index contributed by atoms with van der Waals surface area (Å²) in [6.45, 7) is 4.21. The number of hydrogen-bond acceptors (Lipinski definition) is 1. The van der Waals surface area contributed by atoms with Gasteiger partial charge in [0, 0.05) is 10.9 Å². The van der Waals surface area contributed by atoms with Crippen molar-refractivity contribution in [3.8, 4) is 5.75 Å². The summed E-state index contributed by atoms with van der Waals surface area (Å²) in [5.74, 6) is 0.968.